The number of hydrogen-bond donors (Lipinski definition) is 2. The highest BCUT2D eigenvalue weighted by Crippen LogP contribution is 2.18. The van der Waals surface area contributed by atoms with Crippen LogP contribution in [0.5, 0.6) is 0 Å². The average molecular weight is 329 g/mol. The first-order valence-corrected chi connectivity index (χ1v) is 7.17. The van der Waals surface area contributed by atoms with Crippen LogP contribution in [0.1, 0.15) is 11.7 Å². The second kappa shape index (κ2) is 6.36. The van der Waals surface area contributed by atoms with E-state index in [1.165, 1.54) is 21.9 Å². The largest absolute Gasteiger partial charge is 0.450 e. The van der Waals surface area contributed by atoms with E-state index < -0.39 is 6.09 Å². The van der Waals surface area contributed by atoms with Gasteiger partial charge in [-0.1, -0.05) is 6.07 Å². The summed E-state index contributed by atoms with van der Waals surface area (Å²) in [4.78, 5) is 29.0. The Labute approximate surface area is 136 Å². The number of fused-ring (bicyclic) bond motifs is 1. The Bertz CT molecular complexity index is 899. The lowest BCUT2D eigenvalue weighted by Gasteiger charge is -2.03. The van der Waals surface area contributed by atoms with E-state index in [-0.39, 0.29) is 24.9 Å². The number of anilines is 2. The summed E-state index contributed by atoms with van der Waals surface area (Å²) >= 11 is 0. The maximum atomic E-state index is 12.4. The molecule has 0 bridgehead atoms. The fourth-order valence-electron chi connectivity index (χ4n) is 2.16. The van der Waals surface area contributed by atoms with Gasteiger partial charge >= 0.3 is 6.09 Å². The highest BCUT2D eigenvalue weighted by Gasteiger charge is 2.14. The van der Waals surface area contributed by atoms with Gasteiger partial charge in [0.05, 0.1) is 24.0 Å². The lowest BCUT2D eigenvalue weighted by molar-refractivity contribution is 0.0885. The number of nitrogens with one attached hydrogen (secondary N) is 1. The molecule has 2 heterocycles. The van der Waals surface area contributed by atoms with Crippen LogP contribution in [0.2, 0.25) is 0 Å². The second-order valence-corrected chi connectivity index (χ2v) is 4.83. The highest BCUT2D eigenvalue weighted by atomic mass is 16.5. The molecule has 10 nitrogen and oxygen atoms in total. The Morgan fingerprint density at radius 1 is 1.38 bits per heavy atom. The number of rotatable bonds is 4. The highest BCUT2D eigenvalue weighted by molar-refractivity contribution is 5.94. The van der Waals surface area contributed by atoms with Crippen LogP contribution in [0.25, 0.3) is 11.0 Å². The fourth-order valence-corrected chi connectivity index (χ4v) is 2.16. The van der Waals surface area contributed by atoms with Gasteiger partial charge in [0.25, 0.3) is 5.91 Å². The van der Waals surface area contributed by atoms with Gasteiger partial charge in [-0.15, -0.1) is 5.10 Å². The van der Waals surface area contributed by atoms with Crippen LogP contribution in [-0.4, -0.2) is 43.2 Å². The molecule has 0 atom stereocenters. The van der Waals surface area contributed by atoms with E-state index in [2.05, 4.69) is 20.5 Å². The minimum atomic E-state index is -0.632. The van der Waals surface area contributed by atoms with E-state index in [9.17, 15) is 9.59 Å². The first-order valence-electron chi connectivity index (χ1n) is 7.17. The van der Waals surface area contributed by atoms with Crippen molar-refractivity contribution in [1.29, 1.82) is 0 Å². The number of nitrogen functional groups attached to an aromatic ring is 1. The Kier molecular flexibility index (Phi) is 4.10. The molecule has 0 unspecified atom stereocenters. The second-order valence-electron chi connectivity index (χ2n) is 4.83. The zero-order chi connectivity index (χ0) is 17.1. The van der Waals surface area contributed by atoms with Crippen molar-refractivity contribution in [2.24, 2.45) is 0 Å². The molecule has 0 saturated heterocycles. The molecule has 0 spiro atoms. The minimum Gasteiger partial charge on any atom is -0.450 e. The predicted molar refractivity (Wildman–Crippen MR) is 85.4 cm³/mol. The van der Waals surface area contributed by atoms with E-state index >= 15 is 0 Å². The standard InChI is InChI=1S/C14H15N7O3/c1-2-24-14(23)18-11-6-17-21(19-11)7-12(22)20-8-16-13-9(15)4-3-5-10(13)20/h3-6,8H,2,7,15H2,1H3,(H,18,19,23). The number of ether oxygens (including phenoxy) is 1. The molecule has 0 aliphatic carbocycles. The average Bonchev–Trinajstić information content (AvgIpc) is 3.15. The van der Waals surface area contributed by atoms with Crippen LogP contribution >= 0.6 is 0 Å². The first-order chi connectivity index (χ1) is 11.6. The van der Waals surface area contributed by atoms with Crippen LogP contribution < -0.4 is 11.1 Å². The molecule has 0 aliphatic heterocycles. The Balaban J connectivity index is 1.74. The van der Waals surface area contributed by atoms with Gasteiger partial charge < -0.3 is 10.5 Å². The molecule has 3 rings (SSSR count). The number of benzene rings is 1. The molecule has 24 heavy (non-hydrogen) atoms. The molecule has 0 radical (unpaired) electrons. The lowest BCUT2D eigenvalue weighted by Crippen LogP contribution is -2.19. The van der Waals surface area contributed by atoms with E-state index in [1.807, 2.05) is 0 Å². The molecule has 1 aromatic carbocycles. The van der Waals surface area contributed by atoms with Crippen molar-refractivity contribution in [3.05, 3.63) is 30.7 Å². The predicted octanol–water partition coefficient (Wildman–Crippen LogP) is 1.12. The molecule has 124 valence electrons. The summed E-state index contributed by atoms with van der Waals surface area (Å²) in [5, 5.41) is 10.3. The summed E-state index contributed by atoms with van der Waals surface area (Å²) in [6, 6.07) is 5.21. The molecule has 1 amide bonds. The molecule has 0 saturated carbocycles. The number of imidazole rings is 1. The van der Waals surface area contributed by atoms with Crippen molar-refractivity contribution in [2.45, 2.75) is 13.5 Å². The van der Waals surface area contributed by atoms with Gasteiger partial charge in [0.15, 0.2) is 5.82 Å². The topological polar surface area (TPSA) is 130 Å². The zero-order valence-electron chi connectivity index (χ0n) is 12.8. The monoisotopic (exact) mass is 329 g/mol. The quantitative estimate of drug-likeness (QED) is 0.686. The van der Waals surface area contributed by atoms with Crippen molar-refractivity contribution in [2.75, 3.05) is 17.7 Å². The third-order valence-electron chi connectivity index (χ3n) is 3.20. The van der Waals surface area contributed by atoms with Crippen LogP contribution in [0, 0.1) is 0 Å². The van der Waals surface area contributed by atoms with Crippen LogP contribution in [0.15, 0.2) is 30.7 Å². The Hall–Kier alpha value is -3.43. The van der Waals surface area contributed by atoms with Crippen LogP contribution in [-0.2, 0) is 11.3 Å². The SMILES string of the molecule is CCOC(=O)Nc1cnn(CC(=O)n2cnc3c(N)cccc32)n1. The molecule has 3 N–H and O–H groups in total. The third-order valence-corrected chi connectivity index (χ3v) is 3.20. The smallest absolute Gasteiger partial charge is 0.412 e. The van der Waals surface area contributed by atoms with Gasteiger partial charge in [-0.25, -0.2) is 9.78 Å². The van der Waals surface area contributed by atoms with Gasteiger partial charge in [-0.3, -0.25) is 14.7 Å². The lowest BCUT2D eigenvalue weighted by atomic mass is 10.3. The summed E-state index contributed by atoms with van der Waals surface area (Å²) in [7, 11) is 0. The van der Waals surface area contributed by atoms with Gasteiger partial charge in [0.2, 0.25) is 0 Å². The van der Waals surface area contributed by atoms with E-state index in [0.717, 1.165) is 0 Å². The molecule has 2 aromatic heterocycles. The van der Waals surface area contributed by atoms with E-state index in [1.54, 1.807) is 25.1 Å². The fraction of sp³-hybridized carbons (Fsp3) is 0.214. The number of nitrogens with zero attached hydrogens (tertiary/aromatic N) is 5. The van der Waals surface area contributed by atoms with Gasteiger partial charge in [0, 0.05) is 0 Å². The third kappa shape index (κ3) is 3.02. The Morgan fingerprint density at radius 2 is 2.21 bits per heavy atom. The molecular weight excluding hydrogens is 314 g/mol. The van der Waals surface area contributed by atoms with E-state index in [0.29, 0.717) is 16.7 Å². The molecule has 0 aliphatic rings. The van der Waals surface area contributed by atoms with Crippen molar-refractivity contribution in [3.8, 4) is 0 Å². The molecule has 0 fully saturated rings. The maximum absolute atomic E-state index is 12.4. The van der Waals surface area contributed by atoms with Gasteiger partial charge in [-0.2, -0.15) is 9.90 Å². The number of amides is 1. The van der Waals surface area contributed by atoms with Crippen molar-refractivity contribution < 1.29 is 14.3 Å². The van der Waals surface area contributed by atoms with Gasteiger partial charge in [-0.05, 0) is 19.1 Å². The molecule has 3 aromatic rings. The normalized spacial score (nSPS) is 10.7. The summed E-state index contributed by atoms with van der Waals surface area (Å²) in [5.41, 5.74) is 7.49. The first kappa shape index (κ1) is 15.5. The molecular formula is C14H15N7O3. The van der Waals surface area contributed by atoms with E-state index in [4.69, 9.17) is 10.5 Å². The summed E-state index contributed by atoms with van der Waals surface area (Å²) < 4.78 is 6.12. The summed E-state index contributed by atoms with van der Waals surface area (Å²) in [5.74, 6) is -0.0950. The van der Waals surface area contributed by atoms with Crippen molar-refractivity contribution >= 4 is 34.5 Å². The number of para-hydroxylation sites is 1. The van der Waals surface area contributed by atoms with Crippen molar-refractivity contribution in [1.82, 2.24) is 24.5 Å². The minimum absolute atomic E-state index is 0.120. The summed E-state index contributed by atoms with van der Waals surface area (Å²) in [6.07, 6.45) is 2.10. The molecule has 10 heteroatoms. The number of aromatic nitrogens is 5. The number of hydrogen-bond acceptors (Lipinski definition) is 7. The Morgan fingerprint density at radius 3 is 3.00 bits per heavy atom. The number of carbonyl (C=O) groups is 2. The zero-order valence-corrected chi connectivity index (χ0v) is 12.8. The number of nitrogens with two attached hydrogens (primary N) is 1. The van der Waals surface area contributed by atoms with Crippen LogP contribution in [0.3, 0.4) is 0 Å². The van der Waals surface area contributed by atoms with Crippen LogP contribution in [0.4, 0.5) is 16.3 Å². The van der Waals surface area contributed by atoms with Crippen molar-refractivity contribution in [3.63, 3.8) is 0 Å². The van der Waals surface area contributed by atoms with Gasteiger partial charge in [0.1, 0.15) is 18.4 Å². The summed E-state index contributed by atoms with van der Waals surface area (Å²) in [6.45, 7) is 1.82. The maximum Gasteiger partial charge on any atom is 0.412 e. The number of carbonyl (C=O) groups excluding carboxylic acids is 2.